The first-order chi connectivity index (χ1) is 12.6. The number of nitrogens with one attached hydrogen (secondary N) is 1. The van der Waals surface area contributed by atoms with Crippen LogP contribution in [0.15, 0.2) is 42.5 Å². The van der Waals surface area contributed by atoms with Gasteiger partial charge in [-0.1, -0.05) is 0 Å². The Labute approximate surface area is 154 Å². The predicted octanol–water partition coefficient (Wildman–Crippen LogP) is 3.99. The van der Waals surface area contributed by atoms with Crippen molar-refractivity contribution in [3.05, 3.63) is 53.6 Å². The molecule has 0 aliphatic carbocycles. The highest BCUT2D eigenvalue weighted by Gasteiger charge is 2.31. The van der Waals surface area contributed by atoms with Gasteiger partial charge < -0.3 is 15.0 Å². The third-order valence-electron chi connectivity index (χ3n) is 3.71. The van der Waals surface area contributed by atoms with Crippen LogP contribution in [0.4, 0.5) is 24.5 Å². The fourth-order valence-corrected chi connectivity index (χ4v) is 2.32. The van der Waals surface area contributed by atoms with Gasteiger partial charge in [-0.05, 0) is 49.4 Å². The van der Waals surface area contributed by atoms with Crippen LogP contribution >= 0.6 is 0 Å². The fourth-order valence-electron chi connectivity index (χ4n) is 2.32. The molecule has 2 rings (SSSR count). The van der Waals surface area contributed by atoms with Crippen LogP contribution in [-0.2, 0) is 11.0 Å². The molecule has 0 aromatic heterocycles. The standard InChI is InChI=1S/C19H19F3N2O3/c1-12(25)13-4-7-15(8-5-13)27-11-18(26)23-16-10-14(19(20,21)22)6-9-17(16)24(2)3/h4-10H,11H2,1-3H3,(H,23,26). The Kier molecular flexibility index (Phi) is 6.09. The monoisotopic (exact) mass is 380 g/mol. The van der Waals surface area contributed by atoms with Crippen molar-refractivity contribution >= 4 is 23.1 Å². The Bertz CT molecular complexity index is 831. The molecule has 0 atom stereocenters. The first-order valence-corrected chi connectivity index (χ1v) is 8.00. The Morgan fingerprint density at radius 3 is 2.22 bits per heavy atom. The average molecular weight is 380 g/mol. The van der Waals surface area contributed by atoms with Crippen LogP contribution in [-0.4, -0.2) is 32.4 Å². The largest absolute Gasteiger partial charge is 0.484 e. The number of hydrogen-bond donors (Lipinski definition) is 1. The molecule has 8 heteroatoms. The second kappa shape index (κ2) is 8.11. The van der Waals surface area contributed by atoms with E-state index in [1.54, 1.807) is 43.3 Å². The van der Waals surface area contributed by atoms with Crippen molar-refractivity contribution in [1.29, 1.82) is 0 Å². The van der Waals surface area contributed by atoms with Crippen molar-refractivity contribution in [3.8, 4) is 5.75 Å². The van der Waals surface area contributed by atoms with E-state index in [0.717, 1.165) is 12.1 Å². The lowest BCUT2D eigenvalue weighted by Crippen LogP contribution is -2.22. The van der Waals surface area contributed by atoms with Gasteiger partial charge in [0.05, 0.1) is 16.9 Å². The average Bonchev–Trinajstić information content (AvgIpc) is 2.59. The number of rotatable bonds is 6. The van der Waals surface area contributed by atoms with Crippen LogP contribution in [0.1, 0.15) is 22.8 Å². The quantitative estimate of drug-likeness (QED) is 0.770. The molecule has 144 valence electrons. The lowest BCUT2D eigenvalue weighted by molar-refractivity contribution is -0.137. The Balaban J connectivity index is 2.08. The number of benzene rings is 2. The first kappa shape index (κ1) is 20.3. The summed E-state index contributed by atoms with van der Waals surface area (Å²) in [4.78, 5) is 24.9. The minimum absolute atomic E-state index is 0.0374. The Hall–Kier alpha value is -3.03. The van der Waals surface area contributed by atoms with Crippen molar-refractivity contribution in [2.45, 2.75) is 13.1 Å². The zero-order chi connectivity index (χ0) is 20.2. The molecule has 0 saturated carbocycles. The summed E-state index contributed by atoms with van der Waals surface area (Å²) in [6.07, 6.45) is -4.51. The normalized spacial score (nSPS) is 11.0. The van der Waals surface area contributed by atoms with Crippen molar-refractivity contribution < 1.29 is 27.5 Å². The van der Waals surface area contributed by atoms with E-state index < -0.39 is 17.6 Å². The van der Waals surface area contributed by atoms with E-state index in [1.165, 1.54) is 13.0 Å². The molecular weight excluding hydrogens is 361 g/mol. The Morgan fingerprint density at radius 1 is 1.07 bits per heavy atom. The number of hydrogen-bond acceptors (Lipinski definition) is 4. The van der Waals surface area contributed by atoms with Gasteiger partial charge >= 0.3 is 6.18 Å². The van der Waals surface area contributed by atoms with Gasteiger partial charge in [0.25, 0.3) is 5.91 Å². The molecule has 5 nitrogen and oxygen atoms in total. The number of carbonyl (C=O) groups is 2. The van der Waals surface area contributed by atoms with E-state index >= 15 is 0 Å². The molecule has 0 bridgehead atoms. The highest BCUT2D eigenvalue weighted by molar-refractivity contribution is 5.95. The third kappa shape index (κ3) is 5.47. The number of carbonyl (C=O) groups excluding carboxylic acids is 2. The van der Waals surface area contributed by atoms with E-state index in [-0.39, 0.29) is 18.1 Å². The van der Waals surface area contributed by atoms with Crippen molar-refractivity contribution in [2.24, 2.45) is 0 Å². The molecule has 0 saturated heterocycles. The molecule has 0 radical (unpaired) electrons. The maximum absolute atomic E-state index is 12.9. The third-order valence-corrected chi connectivity index (χ3v) is 3.71. The summed E-state index contributed by atoms with van der Waals surface area (Å²) in [6, 6.07) is 9.34. The lowest BCUT2D eigenvalue weighted by Gasteiger charge is -2.20. The number of ketones is 1. The van der Waals surface area contributed by atoms with E-state index in [0.29, 0.717) is 17.0 Å². The van der Waals surface area contributed by atoms with Gasteiger partial charge in [0.1, 0.15) is 5.75 Å². The summed E-state index contributed by atoms with van der Waals surface area (Å²) in [5.74, 6) is -0.333. The van der Waals surface area contributed by atoms with Crippen LogP contribution in [0.3, 0.4) is 0 Å². The maximum atomic E-state index is 12.9. The van der Waals surface area contributed by atoms with Gasteiger partial charge in [0, 0.05) is 19.7 Å². The van der Waals surface area contributed by atoms with Gasteiger partial charge in [0.2, 0.25) is 0 Å². The SMILES string of the molecule is CC(=O)c1ccc(OCC(=O)Nc2cc(C(F)(F)F)ccc2N(C)C)cc1. The van der Waals surface area contributed by atoms with Gasteiger partial charge in [-0.2, -0.15) is 13.2 Å². The van der Waals surface area contributed by atoms with Crippen molar-refractivity contribution in [3.63, 3.8) is 0 Å². The highest BCUT2D eigenvalue weighted by Crippen LogP contribution is 2.34. The number of anilines is 2. The number of nitrogens with zero attached hydrogens (tertiary/aromatic N) is 1. The molecule has 1 N–H and O–H groups in total. The summed E-state index contributed by atoms with van der Waals surface area (Å²) >= 11 is 0. The van der Waals surface area contributed by atoms with Gasteiger partial charge in [-0.15, -0.1) is 0 Å². The second-order valence-corrected chi connectivity index (χ2v) is 6.04. The Morgan fingerprint density at radius 2 is 1.70 bits per heavy atom. The van der Waals surface area contributed by atoms with Crippen LogP contribution in [0.25, 0.3) is 0 Å². The minimum atomic E-state index is -4.51. The smallest absolute Gasteiger partial charge is 0.416 e. The highest BCUT2D eigenvalue weighted by atomic mass is 19.4. The number of amides is 1. The van der Waals surface area contributed by atoms with E-state index in [9.17, 15) is 22.8 Å². The van der Waals surface area contributed by atoms with Crippen molar-refractivity contribution in [2.75, 3.05) is 30.9 Å². The van der Waals surface area contributed by atoms with Crippen LogP contribution in [0, 0.1) is 0 Å². The molecule has 0 aliphatic rings. The summed E-state index contributed by atoms with van der Waals surface area (Å²) in [5.41, 5.74) is 0.119. The maximum Gasteiger partial charge on any atom is 0.416 e. The zero-order valence-corrected chi connectivity index (χ0v) is 15.1. The van der Waals surface area contributed by atoms with E-state index in [4.69, 9.17) is 4.74 Å². The molecule has 0 unspecified atom stereocenters. The molecule has 1 amide bonds. The first-order valence-electron chi connectivity index (χ1n) is 8.00. The number of ether oxygens (including phenoxy) is 1. The van der Waals surface area contributed by atoms with Crippen LogP contribution < -0.4 is 15.0 Å². The van der Waals surface area contributed by atoms with E-state index in [2.05, 4.69) is 5.32 Å². The molecule has 0 aliphatic heterocycles. The molecule has 0 spiro atoms. The van der Waals surface area contributed by atoms with E-state index in [1.807, 2.05) is 0 Å². The molecular formula is C19H19F3N2O3. The predicted molar refractivity (Wildman–Crippen MR) is 96.3 cm³/mol. The zero-order valence-electron chi connectivity index (χ0n) is 15.1. The molecule has 27 heavy (non-hydrogen) atoms. The minimum Gasteiger partial charge on any atom is -0.484 e. The second-order valence-electron chi connectivity index (χ2n) is 6.04. The molecule has 2 aromatic rings. The molecule has 0 fully saturated rings. The van der Waals surface area contributed by atoms with Gasteiger partial charge in [-0.25, -0.2) is 0 Å². The van der Waals surface area contributed by atoms with Crippen LogP contribution in [0.5, 0.6) is 5.75 Å². The number of Topliss-reactive ketones (excluding diaryl/α,β-unsaturated/α-hetero) is 1. The van der Waals surface area contributed by atoms with Crippen LogP contribution in [0.2, 0.25) is 0 Å². The molecule has 2 aromatic carbocycles. The number of halogens is 3. The van der Waals surface area contributed by atoms with Gasteiger partial charge in [0.15, 0.2) is 12.4 Å². The summed E-state index contributed by atoms with van der Waals surface area (Å²) in [7, 11) is 3.32. The van der Waals surface area contributed by atoms with Crippen molar-refractivity contribution in [1.82, 2.24) is 0 Å². The summed E-state index contributed by atoms with van der Waals surface area (Å²) in [5, 5.41) is 2.44. The number of alkyl halides is 3. The summed E-state index contributed by atoms with van der Waals surface area (Å²) < 4.78 is 44.1. The summed E-state index contributed by atoms with van der Waals surface area (Å²) in [6.45, 7) is 1.04. The topological polar surface area (TPSA) is 58.6 Å². The molecule has 0 heterocycles. The van der Waals surface area contributed by atoms with Gasteiger partial charge in [-0.3, -0.25) is 9.59 Å². The lowest BCUT2D eigenvalue weighted by atomic mass is 10.1. The fraction of sp³-hybridized carbons (Fsp3) is 0.263.